The molecule has 2 aromatic carbocycles. The highest BCUT2D eigenvalue weighted by Crippen LogP contribution is 2.38. The lowest BCUT2D eigenvalue weighted by Crippen LogP contribution is -2.36. The first-order chi connectivity index (χ1) is 12.5. The number of carbonyl (C=O) groups is 1. The fraction of sp³-hybridized carbons (Fsp3) is 0.235. The number of hydrogen-bond donors (Lipinski definition) is 1. The van der Waals surface area contributed by atoms with Crippen LogP contribution < -0.4 is 9.62 Å². The van der Waals surface area contributed by atoms with Gasteiger partial charge in [-0.05, 0) is 30.3 Å². The minimum absolute atomic E-state index is 0.179. The summed E-state index contributed by atoms with van der Waals surface area (Å²) in [5.74, 6) is -1.09. The monoisotopic (exact) mass is 418 g/mol. The van der Waals surface area contributed by atoms with E-state index in [1.165, 1.54) is 19.1 Å². The van der Waals surface area contributed by atoms with Crippen molar-refractivity contribution >= 4 is 38.9 Å². The van der Waals surface area contributed by atoms with Crippen LogP contribution in [-0.2, 0) is 21.0 Å². The predicted octanol–water partition coefficient (Wildman–Crippen LogP) is 4.14. The van der Waals surface area contributed by atoms with Gasteiger partial charge < -0.3 is 5.32 Å². The molecule has 0 fully saturated rings. The lowest BCUT2D eigenvalue weighted by molar-refractivity contribution is -0.137. The summed E-state index contributed by atoms with van der Waals surface area (Å²) in [5, 5.41) is 2.03. The molecule has 10 heteroatoms. The molecule has 2 aromatic rings. The van der Waals surface area contributed by atoms with Crippen molar-refractivity contribution in [1.29, 1.82) is 0 Å². The van der Waals surface area contributed by atoms with Gasteiger partial charge in [-0.2, -0.15) is 13.2 Å². The number of carbonyl (C=O) groups excluding carboxylic acids is 1. The zero-order valence-corrected chi connectivity index (χ0v) is 15.5. The molecule has 1 N–H and O–H groups in total. The summed E-state index contributed by atoms with van der Waals surface area (Å²) in [7, 11) is -4.37. The Hall–Kier alpha value is -2.26. The first kappa shape index (κ1) is 19.5. The first-order valence-electron chi connectivity index (χ1n) is 7.81. The van der Waals surface area contributed by atoms with E-state index < -0.39 is 37.6 Å². The van der Waals surface area contributed by atoms with Crippen molar-refractivity contribution in [3.8, 4) is 0 Å². The van der Waals surface area contributed by atoms with Gasteiger partial charge in [-0.25, -0.2) is 8.42 Å². The van der Waals surface area contributed by atoms with E-state index in [1.807, 2.05) is 0 Å². The van der Waals surface area contributed by atoms with Gasteiger partial charge in [-0.15, -0.1) is 0 Å². The highest BCUT2D eigenvalue weighted by atomic mass is 35.5. The fourth-order valence-electron chi connectivity index (χ4n) is 2.72. The standard InChI is InChI=1S/C17H14ClF3N2O3S/c1-10-9-23(15-5-3-2-4-14(15)22-16(10)24)27(25,26)11-6-7-13(18)12(8-11)17(19,20)21/h2-8,10H,9H2,1H3,(H,22,24). The molecule has 0 bridgehead atoms. The Morgan fingerprint density at radius 1 is 1.19 bits per heavy atom. The van der Waals surface area contributed by atoms with E-state index in [4.69, 9.17) is 11.6 Å². The van der Waals surface area contributed by atoms with Crippen molar-refractivity contribution < 1.29 is 26.4 Å². The normalized spacial score (nSPS) is 17.9. The minimum Gasteiger partial charge on any atom is -0.324 e. The molecule has 1 atom stereocenters. The van der Waals surface area contributed by atoms with Crippen molar-refractivity contribution in [2.45, 2.75) is 18.0 Å². The Kier molecular flexibility index (Phi) is 4.85. The van der Waals surface area contributed by atoms with E-state index in [-0.39, 0.29) is 23.8 Å². The van der Waals surface area contributed by atoms with Gasteiger partial charge in [-0.3, -0.25) is 9.10 Å². The molecule has 5 nitrogen and oxygen atoms in total. The summed E-state index contributed by atoms with van der Waals surface area (Å²) >= 11 is 5.58. The summed E-state index contributed by atoms with van der Waals surface area (Å²) < 4.78 is 66.6. The molecule has 1 aliphatic heterocycles. The molecular weight excluding hydrogens is 405 g/mol. The van der Waals surface area contributed by atoms with Crippen molar-refractivity contribution in [3.05, 3.63) is 53.1 Å². The van der Waals surface area contributed by atoms with Crippen LogP contribution in [0.15, 0.2) is 47.4 Å². The number of nitrogens with zero attached hydrogens (tertiary/aromatic N) is 1. The third kappa shape index (κ3) is 3.61. The maximum atomic E-state index is 13.1. The molecule has 0 aliphatic carbocycles. The van der Waals surface area contributed by atoms with Crippen LogP contribution in [0.1, 0.15) is 12.5 Å². The van der Waals surface area contributed by atoms with Crippen LogP contribution >= 0.6 is 11.6 Å². The molecule has 0 saturated heterocycles. The number of halogens is 4. The third-order valence-corrected chi connectivity index (χ3v) is 6.25. The molecule has 144 valence electrons. The number of nitrogens with one attached hydrogen (secondary N) is 1. The molecule has 1 unspecified atom stereocenters. The van der Waals surface area contributed by atoms with Crippen LogP contribution in [0.3, 0.4) is 0 Å². The number of para-hydroxylation sites is 2. The Bertz CT molecular complexity index is 1010. The molecule has 3 rings (SSSR count). The van der Waals surface area contributed by atoms with Gasteiger partial charge in [-0.1, -0.05) is 30.7 Å². The van der Waals surface area contributed by atoms with Crippen molar-refractivity contribution in [1.82, 2.24) is 0 Å². The molecule has 27 heavy (non-hydrogen) atoms. The van der Waals surface area contributed by atoms with Gasteiger partial charge in [0.05, 0.1) is 32.8 Å². The molecule has 1 aliphatic rings. The Morgan fingerprint density at radius 2 is 1.85 bits per heavy atom. The summed E-state index contributed by atoms with van der Waals surface area (Å²) in [6.45, 7) is 1.32. The second-order valence-corrected chi connectivity index (χ2v) is 8.35. The van der Waals surface area contributed by atoms with Crippen LogP contribution in [0.2, 0.25) is 5.02 Å². The van der Waals surface area contributed by atoms with E-state index in [2.05, 4.69) is 5.32 Å². The quantitative estimate of drug-likeness (QED) is 0.797. The lowest BCUT2D eigenvalue weighted by Gasteiger charge is -2.25. The maximum Gasteiger partial charge on any atom is 0.417 e. The van der Waals surface area contributed by atoms with Gasteiger partial charge in [0.15, 0.2) is 0 Å². The first-order valence-corrected chi connectivity index (χ1v) is 9.63. The van der Waals surface area contributed by atoms with Crippen molar-refractivity contribution in [2.24, 2.45) is 5.92 Å². The number of benzene rings is 2. The number of fused-ring (bicyclic) bond motifs is 1. The molecule has 0 saturated carbocycles. The number of rotatable bonds is 2. The smallest absolute Gasteiger partial charge is 0.324 e. The molecule has 0 spiro atoms. The second kappa shape index (κ2) is 6.72. The molecular formula is C17H14ClF3N2O3S. The van der Waals surface area contributed by atoms with Gasteiger partial charge in [0, 0.05) is 6.54 Å². The van der Waals surface area contributed by atoms with E-state index in [9.17, 15) is 26.4 Å². The SMILES string of the molecule is CC1CN(S(=O)(=O)c2ccc(Cl)c(C(F)(F)F)c2)c2ccccc2NC1=O. The summed E-state index contributed by atoms with van der Waals surface area (Å²) in [6.07, 6.45) is -4.80. The maximum absolute atomic E-state index is 13.1. The second-order valence-electron chi connectivity index (χ2n) is 6.08. The lowest BCUT2D eigenvalue weighted by atomic mass is 10.2. The third-order valence-electron chi connectivity index (χ3n) is 4.15. The molecule has 1 amide bonds. The average Bonchev–Trinajstić information content (AvgIpc) is 2.71. The minimum atomic E-state index is -4.80. The topological polar surface area (TPSA) is 66.5 Å². The van der Waals surface area contributed by atoms with E-state index in [0.29, 0.717) is 6.07 Å². The van der Waals surface area contributed by atoms with Crippen LogP contribution in [0.5, 0.6) is 0 Å². The van der Waals surface area contributed by atoms with E-state index in [0.717, 1.165) is 16.4 Å². The molecule has 0 radical (unpaired) electrons. The average molecular weight is 419 g/mol. The van der Waals surface area contributed by atoms with Gasteiger partial charge in [0.2, 0.25) is 5.91 Å². The predicted molar refractivity (Wildman–Crippen MR) is 95.2 cm³/mol. The Morgan fingerprint density at radius 3 is 2.52 bits per heavy atom. The zero-order chi connectivity index (χ0) is 20.0. The highest BCUT2D eigenvalue weighted by Gasteiger charge is 2.37. The summed E-state index contributed by atoms with van der Waals surface area (Å²) in [6, 6.07) is 8.61. The zero-order valence-electron chi connectivity index (χ0n) is 13.9. The van der Waals surface area contributed by atoms with Crippen molar-refractivity contribution in [2.75, 3.05) is 16.2 Å². The number of amides is 1. The number of sulfonamides is 1. The molecule has 1 heterocycles. The number of anilines is 2. The summed E-state index contributed by atoms with van der Waals surface area (Å²) in [4.78, 5) is 11.6. The fourth-order valence-corrected chi connectivity index (χ4v) is 4.54. The highest BCUT2D eigenvalue weighted by molar-refractivity contribution is 7.92. The van der Waals surface area contributed by atoms with Crippen LogP contribution in [0.4, 0.5) is 24.5 Å². The van der Waals surface area contributed by atoms with E-state index >= 15 is 0 Å². The summed E-state index contributed by atoms with van der Waals surface area (Å²) in [5.41, 5.74) is -0.797. The largest absolute Gasteiger partial charge is 0.417 e. The van der Waals surface area contributed by atoms with Crippen LogP contribution in [-0.4, -0.2) is 20.9 Å². The van der Waals surface area contributed by atoms with Crippen LogP contribution in [0, 0.1) is 5.92 Å². The number of hydrogen-bond acceptors (Lipinski definition) is 3. The Labute approximate surface area is 158 Å². The molecule has 0 aromatic heterocycles. The van der Waals surface area contributed by atoms with Gasteiger partial charge in [0.25, 0.3) is 10.0 Å². The van der Waals surface area contributed by atoms with E-state index in [1.54, 1.807) is 12.1 Å². The van der Waals surface area contributed by atoms with Gasteiger partial charge >= 0.3 is 6.18 Å². The van der Waals surface area contributed by atoms with Crippen LogP contribution in [0.25, 0.3) is 0 Å². The number of alkyl halides is 3. The van der Waals surface area contributed by atoms with Crippen molar-refractivity contribution in [3.63, 3.8) is 0 Å². The Balaban J connectivity index is 2.16. The van der Waals surface area contributed by atoms with Gasteiger partial charge in [0.1, 0.15) is 0 Å².